The Hall–Kier alpha value is -2.99. The van der Waals surface area contributed by atoms with E-state index in [1.54, 1.807) is 19.1 Å². The Morgan fingerprint density at radius 2 is 1.54 bits per heavy atom. The van der Waals surface area contributed by atoms with Crippen molar-refractivity contribution in [2.75, 3.05) is 17.9 Å². The maximum absolute atomic E-state index is 13.9. The van der Waals surface area contributed by atoms with E-state index in [9.17, 15) is 31.2 Å². The molecule has 2 amide bonds. The number of nitrogens with zero attached hydrogens (tertiary/aromatic N) is 2. The fourth-order valence-corrected chi connectivity index (χ4v) is 6.29. The van der Waals surface area contributed by atoms with Crippen molar-refractivity contribution in [2.24, 2.45) is 0 Å². The van der Waals surface area contributed by atoms with Crippen molar-refractivity contribution >= 4 is 62.3 Å². The number of likely N-dealkylation sites (N-methyl/N-ethyl adjacent to an activating group) is 1. The maximum atomic E-state index is 13.9. The topological polar surface area (TPSA) is 86.8 Å². The summed E-state index contributed by atoms with van der Waals surface area (Å²) in [6.45, 7) is 0.350. The van der Waals surface area contributed by atoms with Crippen LogP contribution in [0, 0.1) is 0 Å². The third kappa shape index (κ3) is 7.45. The molecule has 0 fully saturated rings. The first-order valence-corrected chi connectivity index (χ1v) is 14.7. The number of benzene rings is 3. The minimum atomic E-state index is -4.83. The van der Waals surface area contributed by atoms with E-state index in [1.807, 2.05) is 0 Å². The van der Waals surface area contributed by atoms with Gasteiger partial charge in [0.05, 0.1) is 21.2 Å². The van der Waals surface area contributed by atoms with Crippen LogP contribution in [0.15, 0.2) is 71.6 Å². The predicted molar refractivity (Wildman–Crippen MR) is 153 cm³/mol. The van der Waals surface area contributed by atoms with Crippen molar-refractivity contribution in [2.45, 2.75) is 37.0 Å². The molecule has 0 radical (unpaired) electrons. The van der Waals surface area contributed by atoms with Crippen LogP contribution in [0.1, 0.15) is 24.5 Å². The van der Waals surface area contributed by atoms with Crippen LogP contribution in [-0.2, 0) is 32.3 Å². The van der Waals surface area contributed by atoms with E-state index in [0.29, 0.717) is 22.0 Å². The van der Waals surface area contributed by atoms with E-state index in [1.165, 1.54) is 43.4 Å². The minimum Gasteiger partial charge on any atom is -0.357 e. The van der Waals surface area contributed by atoms with Crippen molar-refractivity contribution in [3.05, 3.63) is 92.9 Å². The molecule has 1 N–H and O–H groups in total. The smallest absolute Gasteiger partial charge is 0.357 e. The van der Waals surface area contributed by atoms with Crippen molar-refractivity contribution in [1.29, 1.82) is 0 Å². The molecular weight excluding hydrogens is 626 g/mol. The molecule has 0 saturated heterocycles. The SMILES string of the molecule is CCC(C(=O)NC)N(Cc1c(Cl)cccc1Cl)C(=O)CN(c1cc(C(F)(F)F)ccc1Cl)S(=O)(=O)c1ccccc1. The monoisotopic (exact) mass is 649 g/mol. The minimum absolute atomic E-state index is 0.114. The zero-order chi connectivity index (χ0) is 30.5. The van der Waals surface area contributed by atoms with Crippen molar-refractivity contribution in [1.82, 2.24) is 10.2 Å². The van der Waals surface area contributed by atoms with E-state index in [4.69, 9.17) is 34.8 Å². The lowest BCUT2D eigenvalue weighted by molar-refractivity contribution is -0.140. The average Bonchev–Trinajstić information content (AvgIpc) is 2.93. The highest BCUT2D eigenvalue weighted by Gasteiger charge is 2.37. The van der Waals surface area contributed by atoms with Gasteiger partial charge in [0.1, 0.15) is 12.6 Å². The highest BCUT2D eigenvalue weighted by atomic mass is 35.5. The lowest BCUT2D eigenvalue weighted by atomic mass is 10.1. The number of carbonyl (C=O) groups is 2. The maximum Gasteiger partial charge on any atom is 0.416 e. The number of alkyl halides is 3. The number of hydrogen-bond donors (Lipinski definition) is 1. The summed E-state index contributed by atoms with van der Waals surface area (Å²) in [4.78, 5) is 27.5. The van der Waals surface area contributed by atoms with Gasteiger partial charge in [-0.1, -0.05) is 66.0 Å². The number of hydrogen-bond acceptors (Lipinski definition) is 4. The van der Waals surface area contributed by atoms with Gasteiger partial charge >= 0.3 is 6.18 Å². The van der Waals surface area contributed by atoms with E-state index in [2.05, 4.69) is 5.32 Å². The number of sulfonamides is 1. The van der Waals surface area contributed by atoms with Gasteiger partial charge in [-0.15, -0.1) is 0 Å². The molecule has 220 valence electrons. The number of carbonyl (C=O) groups excluding carboxylic acids is 2. The van der Waals surface area contributed by atoms with Crippen LogP contribution in [0.4, 0.5) is 18.9 Å². The average molecular weight is 651 g/mol. The molecule has 7 nitrogen and oxygen atoms in total. The van der Waals surface area contributed by atoms with Crippen LogP contribution in [0.3, 0.4) is 0 Å². The van der Waals surface area contributed by atoms with Crippen molar-refractivity contribution in [3.8, 4) is 0 Å². The Morgan fingerprint density at radius 1 is 0.927 bits per heavy atom. The molecule has 0 aliphatic rings. The summed E-state index contributed by atoms with van der Waals surface area (Å²) in [5.41, 5.74) is -1.45. The molecule has 0 bridgehead atoms. The van der Waals surface area contributed by atoms with Crippen LogP contribution >= 0.6 is 34.8 Å². The first-order valence-electron chi connectivity index (χ1n) is 12.1. The molecule has 0 aromatic heterocycles. The second kappa shape index (κ2) is 13.3. The van der Waals surface area contributed by atoms with Crippen LogP contribution in [0.5, 0.6) is 0 Å². The van der Waals surface area contributed by atoms with Crippen LogP contribution in [0.2, 0.25) is 15.1 Å². The van der Waals surface area contributed by atoms with E-state index in [0.717, 1.165) is 11.0 Å². The molecule has 0 spiro atoms. The third-order valence-corrected chi connectivity index (χ3v) is 8.98. The fraction of sp³-hybridized carbons (Fsp3) is 0.259. The van der Waals surface area contributed by atoms with Gasteiger partial charge in [-0.3, -0.25) is 13.9 Å². The molecule has 14 heteroatoms. The van der Waals surface area contributed by atoms with Gasteiger partial charge < -0.3 is 10.2 Å². The summed E-state index contributed by atoms with van der Waals surface area (Å²) in [6, 6.07) is 12.6. The summed E-state index contributed by atoms with van der Waals surface area (Å²) >= 11 is 18.9. The molecule has 0 aliphatic heterocycles. The van der Waals surface area contributed by atoms with E-state index < -0.39 is 51.9 Å². The number of anilines is 1. The molecule has 0 heterocycles. The Labute approximate surface area is 250 Å². The fourth-order valence-electron chi connectivity index (χ4n) is 4.05. The highest BCUT2D eigenvalue weighted by molar-refractivity contribution is 7.92. The standard InChI is InChI=1S/C27H25Cl3F3N3O4S/c1-3-23(26(38)34-2)35(15-19-20(28)10-7-11-21(19)29)25(37)16-36(41(39,40)18-8-5-4-6-9-18)24-14-17(27(31,32)33)12-13-22(24)30/h4-14,23H,3,15-16H2,1-2H3,(H,34,38). The highest BCUT2D eigenvalue weighted by Crippen LogP contribution is 2.37. The van der Waals surface area contributed by atoms with E-state index in [-0.39, 0.29) is 32.9 Å². The largest absolute Gasteiger partial charge is 0.416 e. The molecule has 3 aromatic rings. The van der Waals surface area contributed by atoms with Gasteiger partial charge in [-0.2, -0.15) is 13.2 Å². The Bertz CT molecular complexity index is 1500. The predicted octanol–water partition coefficient (Wildman–Crippen LogP) is 6.41. The molecule has 3 aromatic carbocycles. The van der Waals surface area contributed by atoms with Gasteiger partial charge in [-0.25, -0.2) is 8.42 Å². The lowest BCUT2D eigenvalue weighted by Crippen LogP contribution is -2.51. The number of rotatable bonds is 10. The van der Waals surface area contributed by atoms with Crippen molar-refractivity contribution < 1.29 is 31.2 Å². The molecule has 1 atom stereocenters. The normalized spacial score (nSPS) is 12.5. The van der Waals surface area contributed by atoms with Gasteiger partial charge in [0.15, 0.2) is 0 Å². The quantitative estimate of drug-likeness (QED) is 0.275. The third-order valence-electron chi connectivity index (χ3n) is 6.17. The molecule has 1 unspecified atom stereocenters. The number of amides is 2. The first kappa shape index (κ1) is 32.5. The molecular formula is C27H25Cl3F3N3O4S. The van der Waals surface area contributed by atoms with Gasteiger partial charge in [0.25, 0.3) is 10.0 Å². The lowest BCUT2D eigenvalue weighted by Gasteiger charge is -2.33. The molecule has 0 saturated carbocycles. The Kier molecular flexibility index (Phi) is 10.6. The van der Waals surface area contributed by atoms with Gasteiger partial charge in [0, 0.05) is 29.2 Å². The summed E-state index contributed by atoms with van der Waals surface area (Å²) in [7, 11) is -3.27. The van der Waals surface area contributed by atoms with Crippen LogP contribution in [0.25, 0.3) is 0 Å². The number of halogens is 6. The zero-order valence-corrected chi connectivity index (χ0v) is 24.8. The van der Waals surface area contributed by atoms with E-state index >= 15 is 0 Å². The summed E-state index contributed by atoms with van der Waals surface area (Å²) in [5.74, 6) is -1.47. The van der Waals surface area contributed by atoms with Gasteiger partial charge in [0.2, 0.25) is 11.8 Å². The zero-order valence-electron chi connectivity index (χ0n) is 21.8. The van der Waals surface area contributed by atoms with Crippen LogP contribution in [-0.4, -0.2) is 44.8 Å². The Balaban J connectivity index is 2.19. The van der Waals surface area contributed by atoms with Gasteiger partial charge in [-0.05, 0) is 48.9 Å². The summed E-state index contributed by atoms with van der Waals surface area (Å²) < 4.78 is 68.9. The first-order chi connectivity index (χ1) is 19.2. The summed E-state index contributed by atoms with van der Waals surface area (Å²) in [5, 5.41) is 2.50. The second-order valence-electron chi connectivity index (χ2n) is 8.75. The molecule has 3 rings (SSSR count). The molecule has 0 aliphatic carbocycles. The second-order valence-corrected chi connectivity index (χ2v) is 11.8. The van der Waals surface area contributed by atoms with Crippen LogP contribution < -0.4 is 9.62 Å². The van der Waals surface area contributed by atoms with Crippen molar-refractivity contribution in [3.63, 3.8) is 0 Å². The summed E-state index contributed by atoms with van der Waals surface area (Å²) in [6.07, 6.45) is -4.71. The number of nitrogens with one attached hydrogen (secondary N) is 1. The Morgan fingerprint density at radius 3 is 2.07 bits per heavy atom. The molecule has 41 heavy (non-hydrogen) atoms.